The van der Waals surface area contributed by atoms with Crippen molar-refractivity contribution in [2.24, 2.45) is 10.7 Å². The van der Waals surface area contributed by atoms with Crippen LogP contribution in [0, 0.1) is 0 Å². The second-order valence-corrected chi connectivity index (χ2v) is 5.02. The van der Waals surface area contributed by atoms with Gasteiger partial charge in [0.2, 0.25) is 0 Å². The minimum absolute atomic E-state index is 0.404. The van der Waals surface area contributed by atoms with Gasteiger partial charge in [-0.15, -0.1) is 10.2 Å². The summed E-state index contributed by atoms with van der Waals surface area (Å²) in [4.78, 5) is 4.38. The Kier molecular flexibility index (Phi) is 5.52. The van der Waals surface area contributed by atoms with Crippen LogP contribution in [0.5, 0.6) is 0 Å². The quantitative estimate of drug-likeness (QED) is 0.634. The first-order valence-corrected chi connectivity index (χ1v) is 7.73. The maximum Gasteiger partial charge on any atom is 0.193 e. The van der Waals surface area contributed by atoms with Crippen molar-refractivity contribution in [1.82, 2.24) is 14.8 Å². The largest absolute Gasteiger partial charge is 0.370 e. The van der Waals surface area contributed by atoms with Crippen LogP contribution >= 0.6 is 0 Å². The zero-order valence-corrected chi connectivity index (χ0v) is 13.5. The van der Waals surface area contributed by atoms with E-state index in [9.17, 15) is 0 Å². The number of rotatable bonds is 6. The van der Waals surface area contributed by atoms with Gasteiger partial charge in [0.15, 0.2) is 11.8 Å². The standard InChI is InChI=1S/C16H24N6/c1-4-12-8-7-9-13(5-2)15(12)20-16(17)18-10-14-21-19-11-22(14)6-3/h7-9,11H,4-6,10H2,1-3H3,(H3,17,18,20). The fourth-order valence-electron chi connectivity index (χ4n) is 2.39. The van der Waals surface area contributed by atoms with Crippen LogP contribution in [0.1, 0.15) is 37.7 Å². The Hall–Kier alpha value is -2.37. The number of aliphatic imine (C=N–C) groups is 1. The average Bonchev–Trinajstić information content (AvgIpc) is 3.00. The normalized spacial score (nSPS) is 11.7. The molecule has 0 atom stereocenters. The minimum atomic E-state index is 0.404. The fraction of sp³-hybridized carbons (Fsp3) is 0.438. The highest BCUT2D eigenvalue weighted by molar-refractivity contribution is 5.93. The lowest BCUT2D eigenvalue weighted by Gasteiger charge is -2.14. The highest BCUT2D eigenvalue weighted by Gasteiger charge is 2.07. The molecule has 0 aliphatic rings. The van der Waals surface area contributed by atoms with Gasteiger partial charge in [-0.3, -0.25) is 0 Å². The van der Waals surface area contributed by atoms with E-state index < -0.39 is 0 Å². The number of hydrogen-bond donors (Lipinski definition) is 2. The van der Waals surface area contributed by atoms with Crippen LogP contribution in [-0.4, -0.2) is 20.7 Å². The van der Waals surface area contributed by atoms with Crippen molar-refractivity contribution >= 4 is 11.6 Å². The van der Waals surface area contributed by atoms with E-state index in [2.05, 4.69) is 52.6 Å². The third kappa shape index (κ3) is 3.63. The Balaban J connectivity index is 2.14. The first kappa shape index (κ1) is 16.0. The van der Waals surface area contributed by atoms with E-state index in [0.717, 1.165) is 30.9 Å². The molecule has 0 aliphatic heterocycles. The number of hydrogen-bond acceptors (Lipinski definition) is 3. The third-order valence-corrected chi connectivity index (χ3v) is 3.68. The van der Waals surface area contributed by atoms with E-state index in [1.165, 1.54) is 11.1 Å². The Labute approximate surface area is 131 Å². The van der Waals surface area contributed by atoms with Crippen molar-refractivity contribution in [2.75, 3.05) is 5.32 Å². The summed E-state index contributed by atoms with van der Waals surface area (Å²) in [5, 5.41) is 11.2. The molecule has 3 N–H and O–H groups in total. The summed E-state index contributed by atoms with van der Waals surface area (Å²) in [5.74, 6) is 1.22. The molecule has 0 bridgehead atoms. The molecule has 0 unspecified atom stereocenters. The number of aromatic nitrogens is 3. The van der Waals surface area contributed by atoms with Crippen LogP contribution in [-0.2, 0) is 25.9 Å². The van der Waals surface area contributed by atoms with Crippen LogP contribution < -0.4 is 11.1 Å². The summed E-state index contributed by atoms with van der Waals surface area (Å²) in [7, 11) is 0. The highest BCUT2D eigenvalue weighted by atomic mass is 15.3. The smallest absolute Gasteiger partial charge is 0.193 e. The lowest BCUT2D eigenvalue weighted by Crippen LogP contribution is -2.24. The summed E-state index contributed by atoms with van der Waals surface area (Å²) in [5.41, 5.74) is 9.61. The molecule has 0 amide bonds. The molecule has 2 aromatic rings. The summed E-state index contributed by atoms with van der Waals surface area (Å²) >= 11 is 0. The van der Waals surface area contributed by atoms with Crippen LogP contribution in [0.2, 0.25) is 0 Å². The number of benzene rings is 1. The molecule has 0 fully saturated rings. The molecule has 6 heteroatoms. The highest BCUT2D eigenvalue weighted by Crippen LogP contribution is 2.22. The van der Waals surface area contributed by atoms with Gasteiger partial charge in [0.1, 0.15) is 12.9 Å². The lowest BCUT2D eigenvalue weighted by atomic mass is 10.0. The molecule has 0 saturated heterocycles. The minimum Gasteiger partial charge on any atom is -0.370 e. The van der Waals surface area contributed by atoms with Gasteiger partial charge < -0.3 is 15.6 Å². The Morgan fingerprint density at radius 1 is 1.23 bits per heavy atom. The molecule has 0 saturated carbocycles. The van der Waals surface area contributed by atoms with Crippen molar-refractivity contribution in [1.29, 1.82) is 0 Å². The molecular weight excluding hydrogens is 276 g/mol. The van der Waals surface area contributed by atoms with Gasteiger partial charge in [-0.2, -0.15) is 0 Å². The zero-order valence-electron chi connectivity index (χ0n) is 13.5. The molecule has 118 valence electrons. The summed E-state index contributed by atoms with van der Waals surface area (Å²) in [6.45, 7) is 7.56. The number of nitrogens with zero attached hydrogens (tertiary/aromatic N) is 4. The van der Waals surface area contributed by atoms with Crippen molar-refractivity contribution in [3.63, 3.8) is 0 Å². The second kappa shape index (κ2) is 7.59. The zero-order chi connectivity index (χ0) is 15.9. The van der Waals surface area contributed by atoms with Crippen molar-refractivity contribution in [3.8, 4) is 0 Å². The molecule has 2 rings (SSSR count). The SMILES string of the molecule is CCc1cccc(CC)c1NC(N)=NCc1nncn1CC. The lowest BCUT2D eigenvalue weighted by molar-refractivity contribution is 0.699. The van der Waals surface area contributed by atoms with E-state index in [4.69, 9.17) is 5.73 Å². The fourth-order valence-corrected chi connectivity index (χ4v) is 2.39. The predicted molar refractivity (Wildman–Crippen MR) is 89.8 cm³/mol. The van der Waals surface area contributed by atoms with Crippen molar-refractivity contribution in [3.05, 3.63) is 41.5 Å². The summed E-state index contributed by atoms with van der Waals surface area (Å²) < 4.78 is 1.95. The van der Waals surface area contributed by atoms with E-state index >= 15 is 0 Å². The van der Waals surface area contributed by atoms with Gasteiger partial charge in [-0.05, 0) is 30.9 Å². The van der Waals surface area contributed by atoms with E-state index in [1.54, 1.807) is 6.33 Å². The van der Waals surface area contributed by atoms with Crippen molar-refractivity contribution < 1.29 is 0 Å². The molecule has 0 aliphatic carbocycles. The van der Waals surface area contributed by atoms with Crippen LogP contribution in [0.3, 0.4) is 0 Å². The number of aryl methyl sites for hydroxylation is 3. The molecule has 1 aromatic heterocycles. The topological polar surface area (TPSA) is 81.1 Å². The van der Waals surface area contributed by atoms with Gasteiger partial charge in [0.05, 0.1) is 0 Å². The summed E-state index contributed by atoms with van der Waals surface area (Å²) in [6.07, 6.45) is 3.61. The van der Waals surface area contributed by atoms with E-state index in [-0.39, 0.29) is 0 Å². The van der Waals surface area contributed by atoms with Crippen molar-refractivity contribution in [2.45, 2.75) is 46.7 Å². The molecule has 0 radical (unpaired) electrons. The van der Waals surface area contributed by atoms with Crippen LogP contribution in [0.4, 0.5) is 5.69 Å². The number of guanidine groups is 1. The molecule has 6 nitrogen and oxygen atoms in total. The van der Waals surface area contributed by atoms with Gasteiger partial charge in [0.25, 0.3) is 0 Å². The maximum absolute atomic E-state index is 6.04. The number of para-hydroxylation sites is 1. The van der Waals surface area contributed by atoms with Gasteiger partial charge in [0, 0.05) is 12.2 Å². The molecule has 1 aromatic carbocycles. The maximum atomic E-state index is 6.04. The van der Waals surface area contributed by atoms with Gasteiger partial charge in [-0.25, -0.2) is 4.99 Å². The summed E-state index contributed by atoms with van der Waals surface area (Å²) in [6, 6.07) is 6.31. The first-order valence-electron chi connectivity index (χ1n) is 7.73. The monoisotopic (exact) mass is 300 g/mol. The van der Waals surface area contributed by atoms with E-state index in [1.807, 2.05) is 11.5 Å². The molecule has 1 heterocycles. The van der Waals surface area contributed by atoms with Crippen LogP contribution in [0.25, 0.3) is 0 Å². The Morgan fingerprint density at radius 2 is 1.91 bits per heavy atom. The average molecular weight is 300 g/mol. The second-order valence-electron chi connectivity index (χ2n) is 5.02. The van der Waals surface area contributed by atoms with E-state index in [0.29, 0.717) is 12.5 Å². The van der Waals surface area contributed by atoms with Crippen LogP contribution in [0.15, 0.2) is 29.5 Å². The number of anilines is 1. The number of nitrogens with two attached hydrogens (primary N) is 1. The molecule has 0 spiro atoms. The first-order chi connectivity index (χ1) is 10.7. The Bertz CT molecular complexity index is 622. The molecule has 22 heavy (non-hydrogen) atoms. The van der Waals surface area contributed by atoms with Gasteiger partial charge >= 0.3 is 0 Å². The predicted octanol–water partition coefficient (Wildman–Crippen LogP) is 2.35. The third-order valence-electron chi connectivity index (χ3n) is 3.68. The van der Waals surface area contributed by atoms with Gasteiger partial charge in [-0.1, -0.05) is 32.0 Å². The Morgan fingerprint density at radius 3 is 2.50 bits per heavy atom. The number of nitrogens with one attached hydrogen (secondary N) is 1. The molecular formula is C16H24N6.